The number of benzene rings is 2. The van der Waals surface area contributed by atoms with Gasteiger partial charge >= 0.3 is 0 Å². The Kier molecular flexibility index (Phi) is 3.84. The minimum Gasteiger partial charge on any atom is -0.349 e. The van der Waals surface area contributed by atoms with Crippen LogP contribution >= 0.6 is 27.5 Å². The van der Waals surface area contributed by atoms with Crippen LogP contribution < -0.4 is 5.32 Å². The molecule has 0 unspecified atom stereocenters. The second-order valence-electron chi connectivity index (χ2n) is 3.52. The lowest BCUT2D eigenvalue weighted by molar-refractivity contribution is -0.383. The maximum atomic E-state index is 10.9. The summed E-state index contributed by atoms with van der Waals surface area (Å²) >= 11 is 9.13. The molecule has 2 aromatic carbocycles. The van der Waals surface area contributed by atoms with Crippen molar-refractivity contribution in [3.05, 3.63) is 62.1 Å². The molecule has 4 nitrogen and oxygen atoms in total. The highest BCUT2D eigenvalue weighted by molar-refractivity contribution is 9.10. The van der Waals surface area contributed by atoms with E-state index in [1.54, 1.807) is 12.1 Å². The standard InChI is InChI=1S/C12H8BrClN2O2/c13-9-3-1-2-4-10(9)15-11-6-5-8(14)7-12(11)16(17)18/h1-7,15H. The Balaban J connectivity index is 2.41. The Hall–Kier alpha value is -1.59. The van der Waals surface area contributed by atoms with Crippen LogP contribution in [0, 0.1) is 10.1 Å². The van der Waals surface area contributed by atoms with Gasteiger partial charge in [-0.3, -0.25) is 10.1 Å². The van der Waals surface area contributed by atoms with E-state index in [0.29, 0.717) is 10.7 Å². The Morgan fingerprint density at radius 1 is 1.17 bits per heavy atom. The first-order valence-corrected chi connectivity index (χ1v) is 6.20. The van der Waals surface area contributed by atoms with Gasteiger partial charge in [-0.25, -0.2) is 0 Å². The summed E-state index contributed by atoms with van der Waals surface area (Å²) in [6, 6.07) is 11.9. The zero-order valence-electron chi connectivity index (χ0n) is 9.06. The Labute approximate surface area is 117 Å². The molecular formula is C12H8BrClN2O2. The molecule has 0 aliphatic carbocycles. The van der Waals surface area contributed by atoms with Gasteiger partial charge in [-0.15, -0.1) is 0 Å². The smallest absolute Gasteiger partial charge is 0.294 e. The predicted molar refractivity (Wildman–Crippen MR) is 75.5 cm³/mol. The number of anilines is 2. The zero-order valence-corrected chi connectivity index (χ0v) is 11.4. The lowest BCUT2D eigenvalue weighted by Gasteiger charge is -2.08. The number of nitrogens with one attached hydrogen (secondary N) is 1. The number of nitrogens with zero attached hydrogens (tertiary/aromatic N) is 1. The number of hydrogen-bond acceptors (Lipinski definition) is 3. The van der Waals surface area contributed by atoms with Crippen LogP contribution in [-0.2, 0) is 0 Å². The number of rotatable bonds is 3. The van der Waals surface area contributed by atoms with Gasteiger partial charge in [-0.2, -0.15) is 0 Å². The molecule has 0 bridgehead atoms. The third-order valence-corrected chi connectivity index (χ3v) is 3.23. The molecule has 0 amide bonds. The van der Waals surface area contributed by atoms with Gasteiger partial charge in [0.15, 0.2) is 0 Å². The SMILES string of the molecule is O=[N+]([O-])c1cc(Cl)ccc1Nc1ccccc1Br. The van der Waals surface area contributed by atoms with Gasteiger partial charge in [-0.05, 0) is 40.2 Å². The van der Waals surface area contributed by atoms with Gasteiger partial charge in [0.25, 0.3) is 5.69 Å². The normalized spacial score (nSPS) is 10.1. The number of halogens is 2. The van der Waals surface area contributed by atoms with Crippen LogP contribution in [0.25, 0.3) is 0 Å². The van der Waals surface area contributed by atoms with Gasteiger partial charge in [0.05, 0.1) is 10.6 Å². The number of hydrogen-bond donors (Lipinski definition) is 1. The molecule has 0 radical (unpaired) electrons. The molecule has 0 saturated carbocycles. The fourth-order valence-electron chi connectivity index (χ4n) is 1.47. The van der Waals surface area contributed by atoms with Crippen LogP contribution in [0.1, 0.15) is 0 Å². The molecule has 2 aromatic rings. The molecule has 1 N–H and O–H groups in total. The van der Waals surface area contributed by atoms with Crippen molar-refractivity contribution < 1.29 is 4.92 Å². The number of nitro groups is 1. The van der Waals surface area contributed by atoms with Crippen LogP contribution in [0.5, 0.6) is 0 Å². The molecular weight excluding hydrogens is 320 g/mol. The van der Waals surface area contributed by atoms with Gasteiger partial charge in [0.2, 0.25) is 0 Å². The van der Waals surface area contributed by atoms with E-state index in [1.807, 2.05) is 24.3 Å². The van der Waals surface area contributed by atoms with Gasteiger partial charge in [-0.1, -0.05) is 23.7 Å². The molecule has 0 aromatic heterocycles. The molecule has 0 atom stereocenters. The van der Waals surface area contributed by atoms with Gasteiger partial charge in [0.1, 0.15) is 5.69 Å². The van der Waals surface area contributed by atoms with Crippen molar-refractivity contribution in [1.82, 2.24) is 0 Å². The van der Waals surface area contributed by atoms with Crippen LogP contribution in [0.4, 0.5) is 17.1 Å². The monoisotopic (exact) mass is 326 g/mol. The van der Waals surface area contributed by atoms with Crippen molar-refractivity contribution in [1.29, 1.82) is 0 Å². The highest BCUT2D eigenvalue weighted by Crippen LogP contribution is 2.32. The zero-order chi connectivity index (χ0) is 13.1. The summed E-state index contributed by atoms with van der Waals surface area (Å²) in [5, 5.41) is 14.3. The van der Waals surface area contributed by atoms with E-state index in [4.69, 9.17) is 11.6 Å². The summed E-state index contributed by atoms with van der Waals surface area (Å²) in [5.74, 6) is 0. The second-order valence-corrected chi connectivity index (χ2v) is 4.81. The summed E-state index contributed by atoms with van der Waals surface area (Å²) in [7, 11) is 0. The Morgan fingerprint density at radius 2 is 1.89 bits per heavy atom. The molecule has 0 spiro atoms. The average Bonchev–Trinajstić information content (AvgIpc) is 2.34. The molecule has 18 heavy (non-hydrogen) atoms. The quantitative estimate of drug-likeness (QED) is 0.653. The summed E-state index contributed by atoms with van der Waals surface area (Å²) in [6.07, 6.45) is 0. The maximum absolute atomic E-state index is 10.9. The fourth-order valence-corrected chi connectivity index (χ4v) is 2.02. The van der Waals surface area contributed by atoms with Crippen molar-refractivity contribution in [2.75, 3.05) is 5.32 Å². The Morgan fingerprint density at radius 3 is 2.56 bits per heavy atom. The highest BCUT2D eigenvalue weighted by Gasteiger charge is 2.14. The van der Waals surface area contributed by atoms with Crippen LogP contribution in [-0.4, -0.2) is 4.92 Å². The van der Waals surface area contributed by atoms with Crippen molar-refractivity contribution in [3.63, 3.8) is 0 Å². The first-order chi connectivity index (χ1) is 8.58. The van der Waals surface area contributed by atoms with E-state index in [9.17, 15) is 10.1 Å². The van der Waals surface area contributed by atoms with Crippen molar-refractivity contribution in [2.24, 2.45) is 0 Å². The van der Waals surface area contributed by atoms with Crippen molar-refractivity contribution >= 4 is 44.6 Å². The van der Waals surface area contributed by atoms with Crippen molar-refractivity contribution in [3.8, 4) is 0 Å². The first-order valence-electron chi connectivity index (χ1n) is 5.03. The minimum atomic E-state index is -0.467. The number of nitro benzene ring substituents is 1. The maximum Gasteiger partial charge on any atom is 0.294 e. The molecule has 0 heterocycles. The molecule has 6 heteroatoms. The van der Waals surface area contributed by atoms with E-state index in [-0.39, 0.29) is 5.69 Å². The van der Waals surface area contributed by atoms with Gasteiger partial charge in [0, 0.05) is 15.6 Å². The lowest BCUT2D eigenvalue weighted by Crippen LogP contribution is -1.97. The first kappa shape index (κ1) is 12.9. The van der Waals surface area contributed by atoms with Crippen LogP contribution in [0.3, 0.4) is 0 Å². The molecule has 0 saturated heterocycles. The fraction of sp³-hybridized carbons (Fsp3) is 0. The highest BCUT2D eigenvalue weighted by atomic mass is 79.9. The topological polar surface area (TPSA) is 55.2 Å². The van der Waals surface area contributed by atoms with Crippen LogP contribution in [0.15, 0.2) is 46.9 Å². The summed E-state index contributed by atoms with van der Waals surface area (Å²) < 4.78 is 0.828. The van der Waals surface area contributed by atoms with E-state index in [0.717, 1.165) is 10.2 Å². The average molecular weight is 328 g/mol. The lowest BCUT2D eigenvalue weighted by atomic mass is 10.2. The molecule has 0 fully saturated rings. The molecule has 92 valence electrons. The molecule has 0 aliphatic heterocycles. The molecule has 0 aliphatic rings. The van der Waals surface area contributed by atoms with Crippen LogP contribution in [0.2, 0.25) is 5.02 Å². The Bertz CT molecular complexity index is 604. The van der Waals surface area contributed by atoms with E-state index in [1.165, 1.54) is 6.07 Å². The third-order valence-electron chi connectivity index (χ3n) is 2.30. The summed E-state index contributed by atoms with van der Waals surface area (Å²) in [5.41, 5.74) is 1.09. The number of para-hydroxylation sites is 1. The third kappa shape index (κ3) is 2.80. The van der Waals surface area contributed by atoms with Crippen molar-refractivity contribution in [2.45, 2.75) is 0 Å². The van der Waals surface area contributed by atoms with Gasteiger partial charge < -0.3 is 5.32 Å². The largest absolute Gasteiger partial charge is 0.349 e. The van der Waals surface area contributed by atoms with E-state index in [2.05, 4.69) is 21.2 Å². The summed E-state index contributed by atoms with van der Waals surface area (Å²) in [6.45, 7) is 0. The molecule has 2 rings (SSSR count). The van der Waals surface area contributed by atoms with E-state index < -0.39 is 4.92 Å². The van der Waals surface area contributed by atoms with E-state index >= 15 is 0 Å². The second kappa shape index (κ2) is 5.37. The minimum absolute atomic E-state index is 0.0572. The predicted octanol–water partition coefficient (Wildman–Crippen LogP) is 4.75. The summed E-state index contributed by atoms with van der Waals surface area (Å²) in [4.78, 5) is 10.5.